The van der Waals surface area contributed by atoms with Crippen LogP contribution in [0.15, 0.2) is 15.2 Å². The Morgan fingerprint density at radius 3 is 2.70 bits per heavy atom. The fraction of sp³-hybridized carbons (Fsp3) is 0.429. The van der Waals surface area contributed by atoms with Crippen LogP contribution in [0.1, 0.15) is 24.3 Å². The van der Waals surface area contributed by atoms with Crippen LogP contribution in [0.3, 0.4) is 0 Å². The molecule has 1 N–H and O–H groups in total. The van der Waals surface area contributed by atoms with Gasteiger partial charge in [-0.25, -0.2) is 0 Å². The van der Waals surface area contributed by atoms with Crippen molar-refractivity contribution in [3.63, 3.8) is 0 Å². The Hall–Kier alpha value is -0.440. The topological polar surface area (TPSA) is 33.4 Å². The Morgan fingerprint density at radius 1 is 1.60 bits per heavy atom. The van der Waals surface area contributed by atoms with Gasteiger partial charge in [0.05, 0.1) is 0 Å². The highest BCUT2D eigenvalue weighted by atomic mass is 79.9. The molecule has 1 aliphatic rings. The number of halogens is 1. The van der Waals surface area contributed by atoms with Gasteiger partial charge in [-0.2, -0.15) is 0 Å². The van der Waals surface area contributed by atoms with E-state index < -0.39 is 0 Å². The molecule has 0 amide bonds. The van der Waals surface area contributed by atoms with E-state index in [1.807, 2.05) is 6.07 Å². The summed E-state index contributed by atoms with van der Waals surface area (Å²) < 4.78 is 5.51. The molecule has 0 aromatic carbocycles. The summed E-state index contributed by atoms with van der Waals surface area (Å²) in [7, 11) is 0. The van der Waals surface area contributed by atoms with Crippen LogP contribution in [-0.4, -0.2) is 5.11 Å². The minimum atomic E-state index is 0.0781. The summed E-state index contributed by atoms with van der Waals surface area (Å²) in [6, 6.07) is 1.84. The number of rotatable bonds is 1. The van der Waals surface area contributed by atoms with Crippen molar-refractivity contribution >= 4 is 15.9 Å². The first kappa shape index (κ1) is 6.28. The van der Waals surface area contributed by atoms with Crippen LogP contribution in [0.2, 0.25) is 0 Å². The normalized spacial score (nSPS) is 17.7. The summed E-state index contributed by atoms with van der Waals surface area (Å²) in [5.41, 5.74) is 0.951. The Kier molecular flexibility index (Phi) is 1.27. The molecule has 1 aromatic rings. The van der Waals surface area contributed by atoms with E-state index >= 15 is 0 Å². The molecule has 0 unspecified atom stereocenters. The van der Waals surface area contributed by atoms with Gasteiger partial charge in [-0.05, 0) is 40.8 Å². The molecule has 0 radical (unpaired) electrons. The zero-order valence-electron chi connectivity index (χ0n) is 5.30. The zero-order valence-corrected chi connectivity index (χ0v) is 6.89. The average molecular weight is 203 g/mol. The summed E-state index contributed by atoms with van der Waals surface area (Å²) in [5, 5.41) is 9.15. The van der Waals surface area contributed by atoms with Gasteiger partial charge in [0.2, 0.25) is 0 Å². The molecule has 1 aliphatic carbocycles. The fourth-order valence-electron chi connectivity index (χ4n) is 1.05. The molecule has 2 rings (SSSR count). The van der Waals surface area contributed by atoms with Crippen LogP contribution in [0.5, 0.6) is 5.95 Å². The molecule has 0 bridgehead atoms. The van der Waals surface area contributed by atoms with Gasteiger partial charge in [-0.3, -0.25) is 0 Å². The van der Waals surface area contributed by atoms with E-state index in [9.17, 15) is 0 Å². The van der Waals surface area contributed by atoms with Crippen molar-refractivity contribution in [2.45, 2.75) is 18.8 Å². The van der Waals surface area contributed by atoms with Crippen molar-refractivity contribution in [1.29, 1.82) is 0 Å². The van der Waals surface area contributed by atoms with Crippen molar-refractivity contribution in [2.24, 2.45) is 0 Å². The number of hydrogen-bond acceptors (Lipinski definition) is 2. The summed E-state index contributed by atoms with van der Waals surface area (Å²) in [6.45, 7) is 0. The molecule has 10 heavy (non-hydrogen) atoms. The van der Waals surface area contributed by atoms with Gasteiger partial charge < -0.3 is 9.52 Å². The molecule has 3 heteroatoms. The second-order valence-electron chi connectivity index (χ2n) is 2.59. The van der Waals surface area contributed by atoms with Crippen LogP contribution < -0.4 is 0 Å². The van der Waals surface area contributed by atoms with Gasteiger partial charge in [0, 0.05) is 5.56 Å². The van der Waals surface area contributed by atoms with Crippen molar-refractivity contribution in [3.05, 3.63) is 16.3 Å². The molecule has 0 atom stereocenters. The molecule has 1 fully saturated rings. The molecular formula is C7H7BrO2. The first-order chi connectivity index (χ1) is 4.77. The van der Waals surface area contributed by atoms with Crippen molar-refractivity contribution in [2.75, 3.05) is 0 Å². The summed E-state index contributed by atoms with van der Waals surface area (Å²) in [5.74, 6) is 0.629. The van der Waals surface area contributed by atoms with Crippen LogP contribution in [-0.2, 0) is 0 Å². The lowest BCUT2D eigenvalue weighted by atomic mass is 10.2. The van der Waals surface area contributed by atoms with E-state index in [4.69, 9.17) is 9.52 Å². The number of aromatic hydroxyl groups is 1. The second-order valence-corrected chi connectivity index (χ2v) is 3.37. The van der Waals surface area contributed by atoms with Crippen LogP contribution in [0.25, 0.3) is 0 Å². The maximum atomic E-state index is 9.15. The maximum absolute atomic E-state index is 9.15. The van der Waals surface area contributed by atoms with Crippen LogP contribution in [0, 0.1) is 0 Å². The molecule has 0 spiro atoms. The maximum Gasteiger partial charge on any atom is 0.286 e. The predicted octanol–water partition coefficient (Wildman–Crippen LogP) is 2.63. The first-order valence-corrected chi connectivity index (χ1v) is 4.05. The first-order valence-electron chi connectivity index (χ1n) is 3.25. The van der Waals surface area contributed by atoms with E-state index in [0.29, 0.717) is 10.6 Å². The highest BCUT2D eigenvalue weighted by Gasteiger charge is 2.28. The molecule has 0 aliphatic heterocycles. The van der Waals surface area contributed by atoms with Crippen molar-refractivity contribution in [1.82, 2.24) is 0 Å². The average Bonchev–Trinajstić information content (AvgIpc) is 2.61. The summed E-state index contributed by atoms with van der Waals surface area (Å²) in [4.78, 5) is 0. The quantitative estimate of drug-likeness (QED) is 0.760. The van der Waals surface area contributed by atoms with Gasteiger partial charge >= 0.3 is 0 Å². The Bertz CT molecular complexity index is 250. The third kappa shape index (κ3) is 0.944. The minimum Gasteiger partial charge on any atom is -0.480 e. The Labute approximate surface area is 67.0 Å². The zero-order chi connectivity index (χ0) is 7.14. The summed E-state index contributed by atoms with van der Waals surface area (Å²) >= 11 is 3.15. The fourth-order valence-corrected chi connectivity index (χ4v) is 1.45. The molecule has 1 aromatic heterocycles. The van der Waals surface area contributed by atoms with E-state index in [1.165, 1.54) is 12.8 Å². The Balaban J connectivity index is 2.38. The van der Waals surface area contributed by atoms with Crippen molar-refractivity contribution in [3.8, 4) is 5.95 Å². The van der Waals surface area contributed by atoms with Crippen LogP contribution >= 0.6 is 15.9 Å². The SMILES string of the molecule is Oc1oc(Br)cc1C1CC1. The van der Waals surface area contributed by atoms with Gasteiger partial charge in [-0.15, -0.1) is 0 Å². The van der Waals surface area contributed by atoms with Gasteiger partial charge in [-0.1, -0.05) is 0 Å². The standard InChI is InChI=1S/C7H7BrO2/c8-6-3-5(4-1-2-4)7(9)10-6/h3-4,9H,1-2H2. The second kappa shape index (κ2) is 2.02. The molecule has 54 valence electrons. The van der Waals surface area contributed by atoms with Gasteiger partial charge in [0.1, 0.15) is 0 Å². The predicted molar refractivity (Wildman–Crippen MR) is 40.0 cm³/mol. The molecule has 0 saturated heterocycles. The minimum absolute atomic E-state index is 0.0781. The number of hydrogen-bond donors (Lipinski definition) is 1. The largest absolute Gasteiger partial charge is 0.480 e. The smallest absolute Gasteiger partial charge is 0.286 e. The molecule has 2 nitrogen and oxygen atoms in total. The summed E-state index contributed by atoms with van der Waals surface area (Å²) in [6.07, 6.45) is 2.36. The highest BCUT2D eigenvalue weighted by molar-refractivity contribution is 9.10. The highest BCUT2D eigenvalue weighted by Crippen LogP contribution is 2.45. The van der Waals surface area contributed by atoms with E-state index in [1.54, 1.807) is 0 Å². The third-order valence-electron chi connectivity index (χ3n) is 1.73. The van der Waals surface area contributed by atoms with Crippen molar-refractivity contribution < 1.29 is 9.52 Å². The van der Waals surface area contributed by atoms with E-state index in [-0.39, 0.29) is 5.95 Å². The molecule has 1 saturated carbocycles. The monoisotopic (exact) mass is 202 g/mol. The third-order valence-corrected chi connectivity index (χ3v) is 2.12. The van der Waals surface area contributed by atoms with E-state index in [0.717, 1.165) is 5.56 Å². The lowest BCUT2D eigenvalue weighted by Gasteiger charge is -1.87. The van der Waals surface area contributed by atoms with E-state index in [2.05, 4.69) is 15.9 Å². The Morgan fingerprint density at radius 2 is 2.30 bits per heavy atom. The number of furan rings is 1. The van der Waals surface area contributed by atoms with Gasteiger partial charge in [0.15, 0.2) is 4.67 Å². The lowest BCUT2D eigenvalue weighted by Crippen LogP contribution is -1.70. The molecular weight excluding hydrogens is 196 g/mol. The lowest BCUT2D eigenvalue weighted by molar-refractivity contribution is 0.320. The van der Waals surface area contributed by atoms with Crippen LogP contribution in [0.4, 0.5) is 0 Å². The molecule has 1 heterocycles. The van der Waals surface area contributed by atoms with Gasteiger partial charge in [0.25, 0.3) is 5.95 Å².